The fourth-order valence-corrected chi connectivity index (χ4v) is 3.63. The highest BCUT2D eigenvalue weighted by atomic mass is 16.2. The molecule has 0 spiro atoms. The fourth-order valence-electron chi connectivity index (χ4n) is 3.63. The number of likely N-dealkylation sites (tertiary alicyclic amines) is 2. The number of para-hydroxylation sites is 1. The predicted octanol–water partition coefficient (Wildman–Crippen LogP) is 0.973. The molecular formula is C16H20N6O. The van der Waals surface area contributed by atoms with Crippen LogP contribution in [0.25, 0.3) is 5.69 Å². The summed E-state index contributed by atoms with van der Waals surface area (Å²) in [5.74, 6) is 0.0674. The van der Waals surface area contributed by atoms with Crippen molar-refractivity contribution in [2.45, 2.75) is 25.3 Å². The van der Waals surface area contributed by atoms with Crippen molar-refractivity contribution < 1.29 is 4.79 Å². The Morgan fingerprint density at radius 2 is 1.96 bits per heavy atom. The summed E-state index contributed by atoms with van der Waals surface area (Å²) in [6, 6.07) is 8.02. The van der Waals surface area contributed by atoms with Crippen LogP contribution in [0.3, 0.4) is 0 Å². The van der Waals surface area contributed by atoms with Gasteiger partial charge in [-0.1, -0.05) is 12.1 Å². The summed E-state index contributed by atoms with van der Waals surface area (Å²) >= 11 is 0. The van der Waals surface area contributed by atoms with Gasteiger partial charge in [0.2, 0.25) is 0 Å². The Labute approximate surface area is 134 Å². The lowest BCUT2D eigenvalue weighted by molar-refractivity contribution is 0.0780. The van der Waals surface area contributed by atoms with Crippen molar-refractivity contribution in [3.8, 4) is 5.69 Å². The van der Waals surface area contributed by atoms with Crippen molar-refractivity contribution in [1.82, 2.24) is 30.0 Å². The minimum atomic E-state index is 0.0674. The minimum Gasteiger partial charge on any atom is -0.337 e. The van der Waals surface area contributed by atoms with Gasteiger partial charge in [-0.2, -0.15) is 4.68 Å². The van der Waals surface area contributed by atoms with Crippen molar-refractivity contribution in [1.29, 1.82) is 0 Å². The number of amides is 1. The molecule has 7 heteroatoms. The first-order valence-corrected chi connectivity index (χ1v) is 8.18. The highest BCUT2D eigenvalue weighted by Crippen LogP contribution is 2.23. The van der Waals surface area contributed by atoms with Gasteiger partial charge >= 0.3 is 0 Å². The van der Waals surface area contributed by atoms with Crippen LogP contribution in [0.4, 0.5) is 0 Å². The number of nitrogens with zero attached hydrogens (tertiary/aromatic N) is 6. The van der Waals surface area contributed by atoms with Crippen molar-refractivity contribution in [2.24, 2.45) is 0 Å². The highest BCUT2D eigenvalue weighted by Gasteiger charge is 2.32. The molecule has 7 nitrogen and oxygen atoms in total. The molecule has 2 aliphatic rings. The average molecular weight is 312 g/mol. The van der Waals surface area contributed by atoms with Gasteiger partial charge in [0.25, 0.3) is 5.91 Å². The Balaban J connectivity index is 1.54. The van der Waals surface area contributed by atoms with Crippen LogP contribution in [-0.4, -0.2) is 68.1 Å². The predicted molar refractivity (Wildman–Crippen MR) is 84.3 cm³/mol. The normalized spacial score (nSPS) is 21.9. The summed E-state index contributed by atoms with van der Waals surface area (Å²) in [6.07, 6.45) is 5.15. The zero-order valence-electron chi connectivity index (χ0n) is 13.0. The molecule has 0 bridgehead atoms. The van der Waals surface area contributed by atoms with E-state index in [9.17, 15) is 4.79 Å². The van der Waals surface area contributed by atoms with Gasteiger partial charge in [-0.3, -0.25) is 9.69 Å². The lowest BCUT2D eigenvalue weighted by Gasteiger charge is -2.24. The van der Waals surface area contributed by atoms with Gasteiger partial charge in [-0.25, -0.2) is 0 Å². The summed E-state index contributed by atoms with van der Waals surface area (Å²) in [7, 11) is 0. The van der Waals surface area contributed by atoms with Crippen LogP contribution in [0.1, 0.15) is 29.6 Å². The van der Waals surface area contributed by atoms with E-state index in [-0.39, 0.29) is 5.91 Å². The van der Waals surface area contributed by atoms with Gasteiger partial charge < -0.3 is 4.90 Å². The Morgan fingerprint density at radius 3 is 2.74 bits per heavy atom. The third kappa shape index (κ3) is 2.72. The molecule has 1 unspecified atom stereocenters. The monoisotopic (exact) mass is 312 g/mol. The average Bonchev–Trinajstić information content (AvgIpc) is 3.35. The first-order chi connectivity index (χ1) is 11.3. The number of tetrazole rings is 1. The zero-order valence-corrected chi connectivity index (χ0v) is 13.0. The maximum Gasteiger partial charge on any atom is 0.256 e. The van der Waals surface area contributed by atoms with Crippen molar-refractivity contribution in [2.75, 3.05) is 26.2 Å². The van der Waals surface area contributed by atoms with Crippen molar-refractivity contribution >= 4 is 5.91 Å². The van der Waals surface area contributed by atoms with Gasteiger partial charge in [0.15, 0.2) is 0 Å². The number of rotatable bonds is 3. The largest absolute Gasteiger partial charge is 0.337 e. The molecule has 23 heavy (non-hydrogen) atoms. The number of aromatic nitrogens is 4. The van der Waals surface area contributed by atoms with Crippen LogP contribution < -0.4 is 0 Å². The number of carbonyl (C=O) groups is 1. The maximum atomic E-state index is 12.9. The van der Waals surface area contributed by atoms with E-state index < -0.39 is 0 Å². The van der Waals surface area contributed by atoms with Crippen molar-refractivity contribution in [3.63, 3.8) is 0 Å². The van der Waals surface area contributed by atoms with Gasteiger partial charge in [0.1, 0.15) is 6.33 Å². The number of carbonyl (C=O) groups excluding carboxylic acids is 1. The summed E-state index contributed by atoms with van der Waals surface area (Å²) < 4.78 is 1.54. The molecule has 1 atom stereocenters. The molecule has 2 aliphatic heterocycles. The Morgan fingerprint density at radius 1 is 1.13 bits per heavy atom. The van der Waals surface area contributed by atoms with E-state index in [1.807, 2.05) is 29.2 Å². The number of benzene rings is 1. The molecule has 2 aromatic rings. The third-order valence-corrected chi connectivity index (χ3v) is 4.84. The van der Waals surface area contributed by atoms with Crippen LogP contribution in [0, 0.1) is 0 Å². The first-order valence-electron chi connectivity index (χ1n) is 8.18. The molecule has 1 amide bonds. The number of hydrogen-bond acceptors (Lipinski definition) is 5. The Hall–Kier alpha value is -2.28. The van der Waals surface area contributed by atoms with Crippen LogP contribution in [0.15, 0.2) is 30.6 Å². The van der Waals surface area contributed by atoms with E-state index in [0.717, 1.165) is 25.2 Å². The molecule has 0 saturated carbocycles. The highest BCUT2D eigenvalue weighted by molar-refractivity contribution is 5.97. The quantitative estimate of drug-likeness (QED) is 0.845. The van der Waals surface area contributed by atoms with Crippen molar-refractivity contribution in [3.05, 3.63) is 36.2 Å². The second-order valence-electron chi connectivity index (χ2n) is 6.21. The van der Waals surface area contributed by atoms with E-state index in [1.165, 1.54) is 32.3 Å². The van der Waals surface area contributed by atoms with E-state index in [2.05, 4.69) is 20.4 Å². The summed E-state index contributed by atoms with van der Waals surface area (Å²) in [5, 5.41) is 11.2. The minimum absolute atomic E-state index is 0.0674. The van der Waals surface area contributed by atoms with Gasteiger partial charge in [-0.05, 0) is 54.9 Å². The fraction of sp³-hybridized carbons (Fsp3) is 0.500. The van der Waals surface area contributed by atoms with Crippen LogP contribution >= 0.6 is 0 Å². The van der Waals surface area contributed by atoms with E-state index in [0.29, 0.717) is 11.6 Å². The molecule has 0 N–H and O–H groups in total. The first kappa shape index (κ1) is 14.3. The summed E-state index contributed by atoms with van der Waals surface area (Å²) in [5.41, 5.74) is 1.38. The van der Waals surface area contributed by atoms with Crippen LogP contribution in [0.5, 0.6) is 0 Å². The van der Waals surface area contributed by atoms with Gasteiger partial charge in [0, 0.05) is 19.1 Å². The van der Waals surface area contributed by atoms with Crippen LogP contribution in [0.2, 0.25) is 0 Å². The van der Waals surface area contributed by atoms with E-state index in [4.69, 9.17) is 0 Å². The number of hydrogen-bond donors (Lipinski definition) is 0. The molecule has 1 aromatic heterocycles. The van der Waals surface area contributed by atoms with Gasteiger partial charge in [0.05, 0.1) is 11.3 Å². The summed E-state index contributed by atoms with van der Waals surface area (Å²) in [6.45, 7) is 3.99. The smallest absolute Gasteiger partial charge is 0.256 e. The second kappa shape index (κ2) is 6.08. The zero-order chi connectivity index (χ0) is 15.6. The van der Waals surface area contributed by atoms with E-state index >= 15 is 0 Å². The SMILES string of the molecule is O=C(c1ccccc1-n1cnnn1)N1CCC(N2CCCC2)C1. The molecule has 1 aromatic carbocycles. The molecule has 2 saturated heterocycles. The molecule has 0 radical (unpaired) electrons. The van der Waals surface area contributed by atoms with Gasteiger partial charge in [-0.15, -0.1) is 5.10 Å². The second-order valence-corrected chi connectivity index (χ2v) is 6.21. The molecule has 120 valence electrons. The summed E-state index contributed by atoms with van der Waals surface area (Å²) in [4.78, 5) is 17.4. The lowest BCUT2D eigenvalue weighted by atomic mass is 10.1. The molecule has 3 heterocycles. The lowest BCUT2D eigenvalue weighted by Crippen LogP contribution is -2.37. The maximum absolute atomic E-state index is 12.9. The molecular weight excluding hydrogens is 292 g/mol. The van der Waals surface area contributed by atoms with E-state index in [1.54, 1.807) is 4.68 Å². The molecule has 4 rings (SSSR count). The molecule has 2 fully saturated rings. The Bertz CT molecular complexity index is 680. The Kier molecular flexibility index (Phi) is 3.78. The topological polar surface area (TPSA) is 67.2 Å². The third-order valence-electron chi connectivity index (χ3n) is 4.84. The molecule has 0 aliphatic carbocycles. The van der Waals surface area contributed by atoms with Crippen LogP contribution in [-0.2, 0) is 0 Å². The standard InChI is InChI=1S/C16H20N6O/c23-16(21-10-7-13(11-21)20-8-3-4-9-20)14-5-1-2-6-15(14)22-12-17-18-19-22/h1-2,5-6,12-13H,3-4,7-11H2.